The summed E-state index contributed by atoms with van der Waals surface area (Å²) in [5.74, 6) is -0.326. The van der Waals surface area contributed by atoms with Crippen LogP contribution in [0.2, 0.25) is 0 Å². The standard InChI is InChI=1S/C12H12F2N2/c1-6-12-11(9(14)5-15-6)8-4-7(13)2-3-10(8)16-12/h2-4,6,9,15-16H,5H2,1H3/t6-,9+/m0/s1. The molecule has 3 rings (SSSR count). The van der Waals surface area contributed by atoms with Crippen LogP contribution in [0.5, 0.6) is 0 Å². The molecule has 2 atom stereocenters. The van der Waals surface area contributed by atoms with Crippen LogP contribution in [0.3, 0.4) is 0 Å². The van der Waals surface area contributed by atoms with Gasteiger partial charge in [-0.2, -0.15) is 0 Å². The van der Waals surface area contributed by atoms with E-state index in [0.717, 1.165) is 11.2 Å². The van der Waals surface area contributed by atoms with Gasteiger partial charge in [-0.3, -0.25) is 0 Å². The molecule has 2 aromatic rings. The van der Waals surface area contributed by atoms with Gasteiger partial charge < -0.3 is 10.3 Å². The summed E-state index contributed by atoms with van der Waals surface area (Å²) >= 11 is 0. The van der Waals surface area contributed by atoms with Crippen LogP contribution in [0.1, 0.15) is 30.4 Å². The number of benzene rings is 1. The molecule has 0 bridgehead atoms. The highest BCUT2D eigenvalue weighted by Crippen LogP contribution is 2.36. The van der Waals surface area contributed by atoms with Crippen molar-refractivity contribution >= 4 is 10.9 Å². The van der Waals surface area contributed by atoms with E-state index in [4.69, 9.17) is 0 Å². The minimum absolute atomic E-state index is 0.0810. The second-order valence-corrected chi connectivity index (χ2v) is 4.24. The number of hydrogen-bond acceptors (Lipinski definition) is 1. The summed E-state index contributed by atoms with van der Waals surface area (Å²) in [7, 11) is 0. The van der Waals surface area contributed by atoms with Gasteiger partial charge >= 0.3 is 0 Å². The van der Waals surface area contributed by atoms with E-state index < -0.39 is 6.17 Å². The fraction of sp³-hybridized carbons (Fsp3) is 0.333. The minimum atomic E-state index is -1.07. The Morgan fingerprint density at radius 2 is 2.19 bits per heavy atom. The first-order valence-corrected chi connectivity index (χ1v) is 5.35. The monoisotopic (exact) mass is 222 g/mol. The second kappa shape index (κ2) is 3.28. The molecule has 2 heterocycles. The molecule has 1 aliphatic rings. The third kappa shape index (κ3) is 1.26. The first-order chi connectivity index (χ1) is 7.66. The Kier molecular flexibility index (Phi) is 2.01. The van der Waals surface area contributed by atoms with E-state index in [1.807, 2.05) is 6.92 Å². The van der Waals surface area contributed by atoms with Gasteiger partial charge in [-0.15, -0.1) is 0 Å². The predicted octanol–water partition coefficient (Wildman–Crippen LogP) is 2.98. The molecule has 0 saturated heterocycles. The normalized spacial score (nSPS) is 24.7. The van der Waals surface area contributed by atoms with Crippen LogP contribution in [-0.2, 0) is 0 Å². The highest BCUT2D eigenvalue weighted by Gasteiger charge is 2.28. The van der Waals surface area contributed by atoms with Crippen molar-refractivity contribution in [3.8, 4) is 0 Å². The Morgan fingerprint density at radius 1 is 1.38 bits per heavy atom. The van der Waals surface area contributed by atoms with E-state index in [0.29, 0.717) is 10.9 Å². The average molecular weight is 222 g/mol. The third-order valence-electron chi connectivity index (χ3n) is 3.18. The van der Waals surface area contributed by atoms with Gasteiger partial charge in [0.25, 0.3) is 0 Å². The summed E-state index contributed by atoms with van der Waals surface area (Å²) in [6, 6.07) is 4.52. The molecule has 2 N–H and O–H groups in total. The zero-order valence-corrected chi connectivity index (χ0v) is 8.85. The highest BCUT2D eigenvalue weighted by atomic mass is 19.1. The molecule has 1 aliphatic heterocycles. The smallest absolute Gasteiger partial charge is 0.140 e. The lowest BCUT2D eigenvalue weighted by molar-refractivity contribution is 0.295. The Morgan fingerprint density at radius 3 is 3.00 bits per heavy atom. The Balaban J connectivity index is 2.33. The number of aromatic nitrogens is 1. The van der Waals surface area contributed by atoms with Crippen molar-refractivity contribution in [2.75, 3.05) is 6.54 Å². The molecule has 84 valence electrons. The molecule has 16 heavy (non-hydrogen) atoms. The molecule has 0 aliphatic carbocycles. The molecule has 1 aromatic heterocycles. The van der Waals surface area contributed by atoms with Crippen molar-refractivity contribution in [2.45, 2.75) is 19.1 Å². The second-order valence-electron chi connectivity index (χ2n) is 4.24. The van der Waals surface area contributed by atoms with E-state index in [1.54, 1.807) is 6.07 Å². The molecular formula is C12H12F2N2. The minimum Gasteiger partial charge on any atom is -0.357 e. The van der Waals surface area contributed by atoms with Crippen LogP contribution in [0.25, 0.3) is 10.9 Å². The Bertz CT molecular complexity index is 547. The lowest BCUT2D eigenvalue weighted by Crippen LogP contribution is -2.29. The van der Waals surface area contributed by atoms with E-state index >= 15 is 0 Å². The van der Waals surface area contributed by atoms with Crippen LogP contribution in [-0.4, -0.2) is 11.5 Å². The zero-order valence-electron chi connectivity index (χ0n) is 8.85. The predicted molar refractivity (Wildman–Crippen MR) is 58.5 cm³/mol. The molecule has 4 heteroatoms. The average Bonchev–Trinajstić information content (AvgIpc) is 2.63. The number of H-pyrrole nitrogens is 1. The summed E-state index contributed by atoms with van der Waals surface area (Å²) in [5, 5.41) is 3.73. The van der Waals surface area contributed by atoms with Crippen molar-refractivity contribution in [1.29, 1.82) is 0 Å². The van der Waals surface area contributed by atoms with E-state index in [1.165, 1.54) is 12.1 Å². The van der Waals surface area contributed by atoms with Crippen LogP contribution in [0, 0.1) is 5.82 Å². The summed E-state index contributed by atoms with van der Waals surface area (Å²) < 4.78 is 27.0. The molecular weight excluding hydrogens is 210 g/mol. The molecule has 0 spiro atoms. The Labute approximate surface area is 91.7 Å². The van der Waals surface area contributed by atoms with Gasteiger partial charge in [0.05, 0.1) is 0 Å². The lowest BCUT2D eigenvalue weighted by atomic mass is 9.99. The maximum atomic E-state index is 13.8. The van der Waals surface area contributed by atoms with Crippen molar-refractivity contribution in [3.05, 3.63) is 35.3 Å². The largest absolute Gasteiger partial charge is 0.357 e. The van der Waals surface area contributed by atoms with Crippen molar-refractivity contribution in [3.63, 3.8) is 0 Å². The first-order valence-electron chi connectivity index (χ1n) is 5.35. The number of hydrogen-bond donors (Lipinski definition) is 2. The zero-order chi connectivity index (χ0) is 11.3. The number of alkyl halides is 1. The number of fused-ring (bicyclic) bond motifs is 3. The maximum Gasteiger partial charge on any atom is 0.140 e. The molecule has 2 nitrogen and oxygen atoms in total. The van der Waals surface area contributed by atoms with E-state index in [-0.39, 0.29) is 18.4 Å². The van der Waals surface area contributed by atoms with Gasteiger partial charge in [0, 0.05) is 34.7 Å². The maximum absolute atomic E-state index is 13.8. The van der Waals surface area contributed by atoms with E-state index in [9.17, 15) is 8.78 Å². The molecule has 0 fully saturated rings. The quantitative estimate of drug-likeness (QED) is 0.704. The summed E-state index contributed by atoms with van der Waals surface area (Å²) in [6.45, 7) is 2.26. The number of rotatable bonds is 0. The summed E-state index contributed by atoms with van der Waals surface area (Å²) in [6.07, 6.45) is -1.07. The molecule has 1 aromatic carbocycles. The van der Waals surface area contributed by atoms with Crippen molar-refractivity contribution in [1.82, 2.24) is 10.3 Å². The van der Waals surface area contributed by atoms with E-state index in [2.05, 4.69) is 10.3 Å². The molecule has 0 radical (unpaired) electrons. The van der Waals surface area contributed by atoms with Crippen LogP contribution >= 0.6 is 0 Å². The number of nitrogens with one attached hydrogen (secondary N) is 2. The van der Waals surface area contributed by atoms with Crippen molar-refractivity contribution < 1.29 is 8.78 Å². The molecule has 0 amide bonds. The van der Waals surface area contributed by atoms with Gasteiger partial charge in [-0.1, -0.05) is 0 Å². The van der Waals surface area contributed by atoms with Crippen LogP contribution < -0.4 is 5.32 Å². The topological polar surface area (TPSA) is 27.8 Å². The van der Waals surface area contributed by atoms with Gasteiger partial charge in [0.2, 0.25) is 0 Å². The SMILES string of the molecule is C[C@@H]1NC[C@@H](F)c2c1[nH]c1ccc(F)cc21. The molecule has 0 unspecified atom stereocenters. The first kappa shape index (κ1) is 9.78. The highest BCUT2D eigenvalue weighted by molar-refractivity contribution is 5.85. The molecule has 0 saturated carbocycles. The van der Waals surface area contributed by atoms with Gasteiger partial charge in [0.15, 0.2) is 0 Å². The lowest BCUT2D eigenvalue weighted by Gasteiger charge is -2.23. The fourth-order valence-corrected chi connectivity index (χ4v) is 2.37. The Hall–Kier alpha value is -1.42. The number of halogens is 2. The number of aromatic amines is 1. The van der Waals surface area contributed by atoms with Crippen molar-refractivity contribution in [2.24, 2.45) is 0 Å². The third-order valence-corrected chi connectivity index (χ3v) is 3.18. The van der Waals surface area contributed by atoms with Gasteiger partial charge in [-0.25, -0.2) is 8.78 Å². The fourth-order valence-electron chi connectivity index (χ4n) is 2.37. The van der Waals surface area contributed by atoms with Gasteiger partial charge in [-0.05, 0) is 25.1 Å². The van der Waals surface area contributed by atoms with Crippen LogP contribution in [0.15, 0.2) is 18.2 Å². The summed E-state index contributed by atoms with van der Waals surface area (Å²) in [5.41, 5.74) is 2.24. The van der Waals surface area contributed by atoms with Gasteiger partial charge in [0.1, 0.15) is 12.0 Å². The summed E-state index contributed by atoms with van der Waals surface area (Å²) in [4.78, 5) is 3.15. The van der Waals surface area contributed by atoms with Crippen LogP contribution in [0.4, 0.5) is 8.78 Å².